The number of hydrogen-bond donors (Lipinski definition) is 2. The van der Waals surface area contributed by atoms with Gasteiger partial charge in [-0.25, -0.2) is 0 Å². The maximum absolute atomic E-state index is 5.70. The summed E-state index contributed by atoms with van der Waals surface area (Å²) in [5, 5.41) is 0. The minimum absolute atomic E-state index is 0.458. The SMILES string of the molecule is C#CCCCC(NN)C1CCC(C(C)(C)C)CC1. The van der Waals surface area contributed by atoms with E-state index in [1.165, 1.54) is 25.7 Å². The molecule has 1 saturated carbocycles. The van der Waals surface area contributed by atoms with Gasteiger partial charge in [0, 0.05) is 12.5 Å². The molecule has 2 nitrogen and oxygen atoms in total. The van der Waals surface area contributed by atoms with Crippen molar-refractivity contribution in [3.8, 4) is 12.3 Å². The Labute approximate surface area is 113 Å². The third kappa shape index (κ3) is 4.63. The lowest BCUT2D eigenvalue weighted by atomic mass is 9.68. The number of unbranched alkanes of at least 4 members (excludes halogenated alkanes) is 1. The van der Waals surface area contributed by atoms with Crippen molar-refractivity contribution in [2.45, 2.75) is 71.8 Å². The van der Waals surface area contributed by atoms with Crippen molar-refractivity contribution in [3.63, 3.8) is 0 Å². The average molecular weight is 250 g/mol. The molecule has 0 saturated heterocycles. The van der Waals surface area contributed by atoms with E-state index in [2.05, 4.69) is 32.1 Å². The molecule has 0 heterocycles. The Morgan fingerprint density at radius 1 is 1.28 bits per heavy atom. The van der Waals surface area contributed by atoms with Crippen molar-refractivity contribution < 1.29 is 0 Å². The molecular weight excluding hydrogens is 220 g/mol. The van der Waals surface area contributed by atoms with Crippen LogP contribution < -0.4 is 11.3 Å². The normalized spacial score (nSPS) is 26.6. The van der Waals surface area contributed by atoms with Crippen molar-refractivity contribution in [2.24, 2.45) is 23.1 Å². The molecule has 104 valence electrons. The Kier molecular flexibility index (Phi) is 6.18. The molecule has 1 rings (SSSR count). The second-order valence-corrected chi connectivity index (χ2v) is 6.85. The Balaban J connectivity index is 2.38. The van der Waals surface area contributed by atoms with Crippen LogP contribution in [0.1, 0.15) is 65.7 Å². The first kappa shape index (κ1) is 15.5. The molecule has 1 aliphatic carbocycles. The van der Waals surface area contributed by atoms with Gasteiger partial charge in [0.25, 0.3) is 0 Å². The quantitative estimate of drug-likeness (QED) is 0.339. The molecule has 0 aromatic rings. The van der Waals surface area contributed by atoms with Crippen LogP contribution in [0.15, 0.2) is 0 Å². The Hall–Kier alpha value is -0.520. The molecular formula is C16H30N2. The van der Waals surface area contributed by atoms with Gasteiger partial charge in [0.2, 0.25) is 0 Å². The van der Waals surface area contributed by atoms with Gasteiger partial charge in [0.1, 0.15) is 0 Å². The van der Waals surface area contributed by atoms with Gasteiger partial charge in [-0.15, -0.1) is 12.3 Å². The van der Waals surface area contributed by atoms with E-state index in [-0.39, 0.29) is 0 Å². The average Bonchev–Trinajstić information content (AvgIpc) is 2.34. The highest BCUT2D eigenvalue weighted by atomic mass is 15.2. The van der Waals surface area contributed by atoms with Crippen molar-refractivity contribution in [2.75, 3.05) is 0 Å². The molecule has 2 heteroatoms. The van der Waals surface area contributed by atoms with Gasteiger partial charge in [0.15, 0.2) is 0 Å². The summed E-state index contributed by atoms with van der Waals surface area (Å²) in [5.41, 5.74) is 3.47. The highest BCUT2D eigenvalue weighted by Crippen LogP contribution is 2.41. The number of nitrogens with one attached hydrogen (secondary N) is 1. The first-order chi connectivity index (χ1) is 8.49. The fourth-order valence-electron chi connectivity index (χ4n) is 3.27. The third-order valence-corrected chi connectivity index (χ3v) is 4.62. The predicted octanol–water partition coefficient (Wildman–Crippen LogP) is 3.47. The van der Waals surface area contributed by atoms with Crippen molar-refractivity contribution >= 4 is 0 Å². The Bertz CT molecular complexity index is 264. The predicted molar refractivity (Wildman–Crippen MR) is 78.7 cm³/mol. The number of nitrogens with two attached hydrogens (primary N) is 1. The summed E-state index contributed by atoms with van der Waals surface area (Å²) in [4.78, 5) is 0. The molecule has 1 unspecified atom stereocenters. The van der Waals surface area contributed by atoms with E-state index in [9.17, 15) is 0 Å². The Morgan fingerprint density at radius 2 is 1.89 bits per heavy atom. The first-order valence-corrected chi connectivity index (χ1v) is 7.38. The summed E-state index contributed by atoms with van der Waals surface area (Å²) in [6.45, 7) is 7.09. The maximum atomic E-state index is 5.70. The van der Waals surface area contributed by atoms with Gasteiger partial charge >= 0.3 is 0 Å². The molecule has 0 amide bonds. The number of terminal acetylenes is 1. The lowest BCUT2D eigenvalue weighted by Gasteiger charge is -2.39. The number of hydrazine groups is 1. The van der Waals surface area contributed by atoms with Gasteiger partial charge in [-0.2, -0.15) is 0 Å². The molecule has 0 aromatic heterocycles. The highest BCUT2D eigenvalue weighted by molar-refractivity contribution is 4.87. The summed E-state index contributed by atoms with van der Waals surface area (Å²) < 4.78 is 0. The summed E-state index contributed by atoms with van der Waals surface area (Å²) in [6, 6.07) is 0.458. The van der Waals surface area contributed by atoms with E-state index in [0.29, 0.717) is 11.5 Å². The Morgan fingerprint density at radius 3 is 2.33 bits per heavy atom. The van der Waals surface area contributed by atoms with Gasteiger partial charge in [-0.05, 0) is 55.8 Å². The van der Waals surface area contributed by atoms with Gasteiger partial charge in [-0.1, -0.05) is 20.8 Å². The molecule has 0 radical (unpaired) electrons. The highest BCUT2D eigenvalue weighted by Gasteiger charge is 2.32. The fraction of sp³-hybridized carbons (Fsp3) is 0.875. The van der Waals surface area contributed by atoms with Gasteiger partial charge in [0.05, 0.1) is 0 Å². The van der Waals surface area contributed by atoms with Crippen LogP contribution in [0.4, 0.5) is 0 Å². The smallest absolute Gasteiger partial charge is 0.0239 e. The summed E-state index contributed by atoms with van der Waals surface area (Å²) >= 11 is 0. The van der Waals surface area contributed by atoms with E-state index in [0.717, 1.165) is 31.1 Å². The zero-order chi connectivity index (χ0) is 13.6. The third-order valence-electron chi connectivity index (χ3n) is 4.62. The second-order valence-electron chi connectivity index (χ2n) is 6.85. The van der Waals surface area contributed by atoms with Gasteiger partial charge in [-0.3, -0.25) is 11.3 Å². The number of hydrogen-bond acceptors (Lipinski definition) is 2. The largest absolute Gasteiger partial charge is 0.271 e. The monoisotopic (exact) mass is 250 g/mol. The van der Waals surface area contributed by atoms with Crippen LogP contribution >= 0.6 is 0 Å². The maximum Gasteiger partial charge on any atom is 0.0239 e. The summed E-state index contributed by atoms with van der Waals surface area (Å²) in [6.07, 6.45) is 13.7. The van der Waals surface area contributed by atoms with Crippen LogP contribution in [-0.2, 0) is 0 Å². The molecule has 0 aliphatic heterocycles. The lowest BCUT2D eigenvalue weighted by molar-refractivity contribution is 0.130. The topological polar surface area (TPSA) is 38.0 Å². The summed E-state index contributed by atoms with van der Waals surface area (Å²) in [7, 11) is 0. The molecule has 1 aliphatic rings. The molecule has 18 heavy (non-hydrogen) atoms. The molecule has 0 bridgehead atoms. The molecule has 0 spiro atoms. The molecule has 3 N–H and O–H groups in total. The second kappa shape index (κ2) is 7.16. The zero-order valence-electron chi connectivity index (χ0n) is 12.3. The summed E-state index contributed by atoms with van der Waals surface area (Å²) in [5.74, 6) is 10.0. The molecule has 1 atom stereocenters. The van der Waals surface area contributed by atoms with Crippen LogP contribution in [0.2, 0.25) is 0 Å². The van der Waals surface area contributed by atoms with E-state index in [1.807, 2.05) is 0 Å². The minimum atomic E-state index is 0.458. The van der Waals surface area contributed by atoms with E-state index in [1.54, 1.807) is 0 Å². The molecule has 1 fully saturated rings. The van der Waals surface area contributed by atoms with Gasteiger partial charge < -0.3 is 0 Å². The number of rotatable bonds is 5. The minimum Gasteiger partial charge on any atom is -0.271 e. The molecule has 0 aromatic carbocycles. The van der Waals surface area contributed by atoms with Crippen molar-refractivity contribution in [1.82, 2.24) is 5.43 Å². The lowest BCUT2D eigenvalue weighted by Crippen LogP contribution is -2.43. The van der Waals surface area contributed by atoms with Crippen LogP contribution in [0, 0.1) is 29.6 Å². The van der Waals surface area contributed by atoms with Crippen molar-refractivity contribution in [3.05, 3.63) is 0 Å². The van der Waals surface area contributed by atoms with Crippen LogP contribution in [-0.4, -0.2) is 6.04 Å². The zero-order valence-corrected chi connectivity index (χ0v) is 12.3. The van der Waals surface area contributed by atoms with E-state index < -0.39 is 0 Å². The van der Waals surface area contributed by atoms with Crippen molar-refractivity contribution in [1.29, 1.82) is 0 Å². The van der Waals surface area contributed by atoms with E-state index >= 15 is 0 Å². The fourth-order valence-corrected chi connectivity index (χ4v) is 3.27. The first-order valence-electron chi connectivity index (χ1n) is 7.38. The van der Waals surface area contributed by atoms with E-state index in [4.69, 9.17) is 12.3 Å². The standard InChI is InChI=1S/C16H30N2/c1-5-6-7-8-15(18-17)13-9-11-14(12-10-13)16(2,3)4/h1,13-15,18H,6-12,17H2,2-4H3. The van der Waals surface area contributed by atoms with Crippen LogP contribution in [0.3, 0.4) is 0 Å². The van der Waals surface area contributed by atoms with Crippen LogP contribution in [0.5, 0.6) is 0 Å². The van der Waals surface area contributed by atoms with Crippen LogP contribution in [0.25, 0.3) is 0 Å².